The maximum Gasteiger partial charge on any atom is 0.303 e. The third-order valence-electron chi connectivity index (χ3n) is 6.01. The van der Waals surface area contributed by atoms with Crippen molar-refractivity contribution in [2.75, 3.05) is 0 Å². The molecule has 158 valence electrons. The van der Waals surface area contributed by atoms with Gasteiger partial charge in [0.2, 0.25) is 10.0 Å². The summed E-state index contributed by atoms with van der Waals surface area (Å²) in [6, 6.07) is 7.71. The Labute approximate surface area is 186 Å². The molecule has 2 fully saturated rings. The van der Waals surface area contributed by atoms with Crippen molar-refractivity contribution in [1.82, 2.24) is 4.72 Å². The maximum absolute atomic E-state index is 12.7. The Bertz CT molecular complexity index is 881. The van der Waals surface area contributed by atoms with Crippen LogP contribution in [-0.2, 0) is 14.8 Å². The fourth-order valence-electron chi connectivity index (χ4n) is 4.68. The number of hydrogen-bond acceptors (Lipinski definition) is 3. The molecule has 2 aliphatic carbocycles. The number of unbranched alkanes of at least 4 members (excludes halogenated alkanes) is 1. The molecule has 0 aromatic heterocycles. The van der Waals surface area contributed by atoms with Gasteiger partial charge in [0.25, 0.3) is 0 Å². The summed E-state index contributed by atoms with van der Waals surface area (Å²) in [5.74, 6) is 0.562. The molecule has 0 aliphatic heterocycles. The molecule has 0 heterocycles. The quantitative estimate of drug-likeness (QED) is 0.259. The van der Waals surface area contributed by atoms with Crippen LogP contribution in [0.25, 0.3) is 6.08 Å². The Kier molecular flexibility index (Phi) is 7.92. The predicted molar refractivity (Wildman–Crippen MR) is 124 cm³/mol. The number of nitrogens with one attached hydrogen (secondary N) is 1. The molecule has 0 saturated heterocycles. The summed E-state index contributed by atoms with van der Waals surface area (Å²) >= 11 is 2.21. The van der Waals surface area contributed by atoms with Gasteiger partial charge in [-0.3, -0.25) is 4.79 Å². The molecule has 29 heavy (non-hydrogen) atoms. The van der Waals surface area contributed by atoms with Crippen LogP contribution in [-0.4, -0.2) is 25.5 Å². The highest BCUT2D eigenvalue weighted by Gasteiger charge is 2.47. The Morgan fingerprint density at radius 3 is 2.79 bits per heavy atom. The number of allylic oxidation sites excluding steroid dienone is 2. The third kappa shape index (κ3) is 6.65. The van der Waals surface area contributed by atoms with Gasteiger partial charge < -0.3 is 5.11 Å². The summed E-state index contributed by atoms with van der Waals surface area (Å²) in [4.78, 5) is 10.6. The molecule has 3 rings (SSSR count). The number of fused-ring (bicyclic) bond motifs is 2. The van der Waals surface area contributed by atoms with Gasteiger partial charge in [0.05, 0.1) is 0 Å². The van der Waals surface area contributed by atoms with Gasteiger partial charge in [-0.05, 0) is 103 Å². The first-order chi connectivity index (χ1) is 13.8. The minimum Gasteiger partial charge on any atom is -0.481 e. The van der Waals surface area contributed by atoms with Crippen molar-refractivity contribution in [3.05, 3.63) is 51.0 Å². The van der Waals surface area contributed by atoms with E-state index < -0.39 is 16.0 Å². The Morgan fingerprint density at radius 1 is 1.24 bits per heavy atom. The number of carboxylic acid groups (broad SMARTS) is 1. The summed E-state index contributed by atoms with van der Waals surface area (Å²) in [7, 11) is -3.50. The van der Waals surface area contributed by atoms with Gasteiger partial charge >= 0.3 is 5.97 Å². The summed E-state index contributed by atoms with van der Waals surface area (Å²) in [5.41, 5.74) is 0.871. The summed E-state index contributed by atoms with van der Waals surface area (Å²) in [5, 5.41) is 9.97. The molecule has 7 heteroatoms. The van der Waals surface area contributed by atoms with Crippen molar-refractivity contribution in [3.8, 4) is 0 Å². The summed E-state index contributed by atoms with van der Waals surface area (Å²) in [6.07, 6.45) is 11.6. The summed E-state index contributed by atoms with van der Waals surface area (Å²) in [6.45, 7) is 0. The zero-order chi connectivity index (χ0) is 20.9. The molecule has 2 bridgehead atoms. The first-order valence-corrected chi connectivity index (χ1v) is 12.8. The van der Waals surface area contributed by atoms with E-state index in [0.717, 1.165) is 34.8 Å². The minimum absolute atomic E-state index is 0.0111. The first kappa shape index (κ1) is 22.5. The van der Waals surface area contributed by atoms with Crippen LogP contribution in [0.4, 0.5) is 0 Å². The van der Waals surface area contributed by atoms with Crippen LogP contribution in [0, 0.1) is 21.3 Å². The fourth-order valence-corrected chi connectivity index (χ4v) is 6.41. The predicted octanol–water partition coefficient (Wildman–Crippen LogP) is 4.80. The lowest BCUT2D eigenvalue weighted by Crippen LogP contribution is -2.43. The standard InChI is InChI=1S/C22H28INO4S/c23-19-7-5-6-16(14-19)12-13-29(27,28)24-22-18-11-10-17(15-18)20(22)8-3-1-2-4-9-21(25)26/h1,3,5-7,12-14,17-18,20,22,24H,2,4,8-11,15H2,(H,25,26). The lowest BCUT2D eigenvalue weighted by molar-refractivity contribution is -0.137. The molecular weight excluding hydrogens is 501 g/mol. The molecule has 0 spiro atoms. The molecular formula is C22H28INO4S. The second kappa shape index (κ2) is 10.2. The molecule has 2 aliphatic rings. The second-order valence-corrected chi connectivity index (χ2v) is 10.9. The number of halogens is 1. The van der Waals surface area contributed by atoms with Gasteiger partial charge in [-0.25, -0.2) is 13.1 Å². The number of benzene rings is 1. The Hall–Kier alpha value is -1.19. The number of rotatable bonds is 10. The number of aliphatic carboxylic acids is 1. The monoisotopic (exact) mass is 529 g/mol. The highest BCUT2D eigenvalue weighted by molar-refractivity contribution is 14.1. The van der Waals surface area contributed by atoms with Crippen LogP contribution < -0.4 is 4.72 Å². The van der Waals surface area contributed by atoms with E-state index in [2.05, 4.69) is 33.4 Å². The molecule has 2 saturated carbocycles. The normalized spacial score (nSPS) is 26.7. The van der Waals surface area contributed by atoms with Crippen molar-refractivity contribution < 1.29 is 18.3 Å². The van der Waals surface area contributed by atoms with Crippen LogP contribution in [0.1, 0.15) is 50.5 Å². The van der Waals surface area contributed by atoms with Crippen molar-refractivity contribution in [2.45, 2.75) is 51.0 Å². The van der Waals surface area contributed by atoms with E-state index in [9.17, 15) is 13.2 Å². The van der Waals surface area contributed by atoms with E-state index in [1.54, 1.807) is 6.08 Å². The second-order valence-electron chi connectivity index (χ2n) is 8.04. The van der Waals surface area contributed by atoms with E-state index in [1.165, 1.54) is 11.8 Å². The average Bonchev–Trinajstić information content (AvgIpc) is 3.25. The van der Waals surface area contributed by atoms with Gasteiger partial charge in [-0.2, -0.15) is 0 Å². The lowest BCUT2D eigenvalue weighted by Gasteiger charge is -2.30. The first-order valence-electron chi connectivity index (χ1n) is 10.2. The Balaban J connectivity index is 1.58. The molecule has 0 radical (unpaired) electrons. The SMILES string of the molecule is O=C(O)CCCC=CCC1C2CCC(C2)C1NS(=O)(=O)C=Cc1cccc(I)c1. The molecule has 2 N–H and O–H groups in total. The molecule has 4 atom stereocenters. The van der Waals surface area contributed by atoms with Gasteiger partial charge in [0.1, 0.15) is 0 Å². The van der Waals surface area contributed by atoms with Crippen LogP contribution in [0.15, 0.2) is 41.8 Å². The van der Waals surface area contributed by atoms with E-state index in [0.29, 0.717) is 24.2 Å². The van der Waals surface area contributed by atoms with Crippen molar-refractivity contribution in [3.63, 3.8) is 0 Å². The van der Waals surface area contributed by atoms with E-state index >= 15 is 0 Å². The molecule has 4 unspecified atom stereocenters. The topological polar surface area (TPSA) is 83.5 Å². The zero-order valence-electron chi connectivity index (χ0n) is 16.3. The molecule has 5 nitrogen and oxygen atoms in total. The number of carbonyl (C=O) groups is 1. The number of hydrogen-bond donors (Lipinski definition) is 2. The highest BCUT2D eigenvalue weighted by Crippen LogP contribution is 2.50. The lowest BCUT2D eigenvalue weighted by atomic mass is 9.83. The average molecular weight is 529 g/mol. The van der Waals surface area contributed by atoms with Crippen LogP contribution >= 0.6 is 22.6 Å². The van der Waals surface area contributed by atoms with Crippen molar-refractivity contribution in [2.24, 2.45) is 17.8 Å². The molecule has 1 aromatic carbocycles. The summed E-state index contributed by atoms with van der Waals surface area (Å²) < 4.78 is 29.4. The van der Waals surface area contributed by atoms with Crippen LogP contribution in [0.3, 0.4) is 0 Å². The molecule has 0 amide bonds. The van der Waals surface area contributed by atoms with Crippen molar-refractivity contribution >= 4 is 44.7 Å². The van der Waals surface area contributed by atoms with Gasteiger partial charge in [-0.15, -0.1) is 0 Å². The highest BCUT2D eigenvalue weighted by atomic mass is 127. The number of sulfonamides is 1. The fraction of sp³-hybridized carbons (Fsp3) is 0.500. The van der Waals surface area contributed by atoms with Crippen LogP contribution in [0.5, 0.6) is 0 Å². The zero-order valence-corrected chi connectivity index (χ0v) is 19.3. The van der Waals surface area contributed by atoms with Crippen molar-refractivity contribution in [1.29, 1.82) is 0 Å². The number of carboxylic acids is 1. The van der Waals surface area contributed by atoms with Gasteiger partial charge in [0, 0.05) is 21.4 Å². The largest absolute Gasteiger partial charge is 0.481 e. The third-order valence-corrected chi connectivity index (χ3v) is 7.78. The maximum atomic E-state index is 12.7. The van der Waals surface area contributed by atoms with E-state index in [-0.39, 0.29) is 12.5 Å². The van der Waals surface area contributed by atoms with E-state index in [1.807, 2.05) is 30.3 Å². The van der Waals surface area contributed by atoms with Crippen LogP contribution in [0.2, 0.25) is 0 Å². The smallest absolute Gasteiger partial charge is 0.303 e. The minimum atomic E-state index is -3.50. The Morgan fingerprint density at radius 2 is 2.03 bits per heavy atom. The van der Waals surface area contributed by atoms with Gasteiger partial charge in [0.15, 0.2) is 0 Å². The van der Waals surface area contributed by atoms with Gasteiger partial charge in [-0.1, -0.05) is 24.3 Å². The molecule has 1 aromatic rings. The van der Waals surface area contributed by atoms with E-state index in [4.69, 9.17) is 5.11 Å².